The minimum Gasteiger partial charge on any atom is -0.508 e. The monoisotopic (exact) mass is 515 g/mol. The second-order valence-electron chi connectivity index (χ2n) is 9.60. The summed E-state index contributed by atoms with van der Waals surface area (Å²) in [7, 11) is 2.22. The van der Waals surface area contributed by atoms with E-state index in [1.54, 1.807) is 24.3 Å². The van der Waals surface area contributed by atoms with E-state index in [9.17, 15) is 19.8 Å². The van der Waals surface area contributed by atoms with Crippen molar-refractivity contribution in [2.24, 2.45) is 0 Å². The van der Waals surface area contributed by atoms with Gasteiger partial charge in [-0.2, -0.15) is 0 Å². The van der Waals surface area contributed by atoms with E-state index in [2.05, 4.69) is 23.8 Å². The first-order valence-corrected chi connectivity index (χ1v) is 12.5. The molecule has 0 bridgehead atoms. The van der Waals surface area contributed by atoms with Gasteiger partial charge in [-0.1, -0.05) is 12.5 Å². The molecule has 5 N–H and O–H groups in total. The van der Waals surface area contributed by atoms with Gasteiger partial charge >= 0.3 is 5.97 Å². The van der Waals surface area contributed by atoms with Gasteiger partial charge in [0.2, 0.25) is 0 Å². The molecule has 1 aliphatic heterocycles. The maximum atomic E-state index is 12.4. The van der Waals surface area contributed by atoms with E-state index in [4.69, 9.17) is 16.6 Å². The number of hydrogen-bond acceptors (Lipinski definition) is 6. The van der Waals surface area contributed by atoms with Crippen LogP contribution in [-0.4, -0.2) is 47.7 Å². The zero-order chi connectivity index (χ0) is 26.2. The van der Waals surface area contributed by atoms with Crippen LogP contribution in [0.4, 0.5) is 5.69 Å². The Labute approximate surface area is 219 Å². The van der Waals surface area contributed by atoms with Crippen LogP contribution in [0.2, 0.25) is 0 Å². The summed E-state index contributed by atoms with van der Waals surface area (Å²) in [6.07, 6.45) is 3.61. The van der Waals surface area contributed by atoms with Crippen LogP contribution in [-0.2, 0) is 0 Å². The summed E-state index contributed by atoms with van der Waals surface area (Å²) in [6, 6.07) is 14.0. The lowest BCUT2D eigenvalue weighted by Crippen LogP contribution is -2.53. The van der Waals surface area contributed by atoms with Crippen LogP contribution in [0.1, 0.15) is 29.6 Å². The van der Waals surface area contributed by atoms with Gasteiger partial charge in [0, 0.05) is 47.4 Å². The summed E-state index contributed by atoms with van der Waals surface area (Å²) in [6.45, 7) is 1.42. The average molecular weight is 515 g/mol. The lowest BCUT2D eigenvalue weighted by Gasteiger charge is -2.39. The molecule has 0 aromatic heterocycles. The number of benzene rings is 3. The fourth-order valence-corrected chi connectivity index (χ4v) is 4.99. The maximum Gasteiger partial charge on any atom is 0.336 e. The molecule has 1 heterocycles. The van der Waals surface area contributed by atoms with Crippen molar-refractivity contribution >= 4 is 47.8 Å². The summed E-state index contributed by atoms with van der Waals surface area (Å²) >= 11 is 5.41. The van der Waals surface area contributed by atoms with Gasteiger partial charge in [0.05, 0.1) is 5.56 Å². The van der Waals surface area contributed by atoms with E-state index in [0.717, 1.165) is 6.54 Å². The minimum atomic E-state index is -1.11. The molecule has 0 spiro atoms. The van der Waals surface area contributed by atoms with Gasteiger partial charge in [-0.05, 0) is 72.5 Å². The Kier molecular flexibility index (Phi) is 6.62. The summed E-state index contributed by atoms with van der Waals surface area (Å²) in [5.41, 5.74) is 2.54. The van der Waals surface area contributed by atoms with Gasteiger partial charge in [-0.25, -0.2) is 4.79 Å². The highest BCUT2D eigenvalue weighted by Gasteiger charge is 2.30. The van der Waals surface area contributed by atoms with Crippen molar-refractivity contribution in [3.8, 4) is 28.2 Å². The molecule has 1 saturated carbocycles. The Morgan fingerprint density at radius 1 is 1.05 bits per heavy atom. The van der Waals surface area contributed by atoms with Gasteiger partial charge in [0.25, 0.3) is 0 Å². The number of carboxylic acids is 1. The first kappa shape index (κ1) is 24.8. The predicted octanol–water partition coefficient (Wildman–Crippen LogP) is 3.36. The molecule has 3 aliphatic rings. The van der Waals surface area contributed by atoms with Crippen molar-refractivity contribution in [3.05, 3.63) is 70.4 Å². The second kappa shape index (κ2) is 9.87. The number of aromatic hydroxyl groups is 1. The van der Waals surface area contributed by atoms with E-state index in [1.807, 2.05) is 0 Å². The van der Waals surface area contributed by atoms with Crippen molar-refractivity contribution in [3.63, 3.8) is 0 Å². The number of thiocarbonyl (C=S) groups is 1. The van der Waals surface area contributed by atoms with Crippen molar-refractivity contribution in [1.29, 1.82) is 0 Å². The number of phenols is 1. The topological polar surface area (TPSA) is 124 Å². The zero-order valence-electron chi connectivity index (χ0n) is 20.3. The number of anilines is 1. The summed E-state index contributed by atoms with van der Waals surface area (Å²) in [4.78, 5) is 24.3. The van der Waals surface area contributed by atoms with Gasteiger partial charge in [0.15, 0.2) is 10.5 Å². The van der Waals surface area contributed by atoms with Crippen molar-refractivity contribution in [2.45, 2.75) is 24.7 Å². The van der Waals surface area contributed by atoms with Crippen LogP contribution in [0.3, 0.4) is 0 Å². The smallest absolute Gasteiger partial charge is 0.336 e. The first-order chi connectivity index (χ1) is 17.7. The molecule has 0 radical (unpaired) electrons. The molecule has 1 fully saturated rings. The van der Waals surface area contributed by atoms with E-state index >= 15 is 0 Å². The highest BCUT2D eigenvalue weighted by Crippen LogP contribution is 2.42. The highest BCUT2D eigenvalue weighted by molar-refractivity contribution is 7.80. The van der Waals surface area contributed by atoms with Gasteiger partial charge < -0.3 is 30.6 Å². The number of hydrogen-bond donors (Lipinski definition) is 5. The molecule has 0 amide bonds. The number of fused-ring (bicyclic) bond motifs is 2. The fourth-order valence-electron chi connectivity index (χ4n) is 4.77. The van der Waals surface area contributed by atoms with Gasteiger partial charge in [-0.3, -0.25) is 4.79 Å². The molecule has 5 rings (SSSR count). The molecule has 0 unspecified atom stereocenters. The van der Waals surface area contributed by atoms with Gasteiger partial charge in [0.1, 0.15) is 24.9 Å². The number of phenolic OH excluding ortho intramolecular Hbond substituents is 1. The van der Waals surface area contributed by atoms with Crippen LogP contribution in [0, 0.1) is 0 Å². The standard InChI is InChI=1S/C27H26BN3O5S/c28-27(8-1-9-27)30-11-10-29-26(37)31-15-2-5-18(21(12-15)25(34)35)24-19-6-3-16(32)13-22(19)36-23-14-17(33)4-7-20(23)24/h2-7,12-14,30,32H,1,8-11,28H2,(H,34,35)(H2,29,31,37). The first-order valence-electron chi connectivity index (χ1n) is 12.1. The van der Waals surface area contributed by atoms with E-state index < -0.39 is 5.97 Å². The molecular weight excluding hydrogens is 489 g/mol. The van der Waals surface area contributed by atoms with Crippen LogP contribution in [0.25, 0.3) is 33.4 Å². The van der Waals surface area contributed by atoms with Crippen molar-refractivity contribution < 1.29 is 19.4 Å². The zero-order valence-corrected chi connectivity index (χ0v) is 21.1. The van der Waals surface area contributed by atoms with E-state index in [-0.39, 0.29) is 22.2 Å². The number of nitrogens with one attached hydrogen (secondary N) is 3. The molecule has 2 aliphatic carbocycles. The highest BCUT2D eigenvalue weighted by atomic mass is 32.1. The summed E-state index contributed by atoms with van der Waals surface area (Å²) in [5.74, 6) is -0.818. The van der Waals surface area contributed by atoms with Crippen LogP contribution < -0.4 is 21.4 Å². The Hall–Kier alpha value is -3.89. The molecule has 0 atom stereocenters. The third-order valence-corrected chi connectivity index (χ3v) is 7.12. The Balaban J connectivity index is 1.45. The second-order valence-corrected chi connectivity index (χ2v) is 10.0. The van der Waals surface area contributed by atoms with Crippen LogP contribution >= 0.6 is 12.2 Å². The SMILES string of the molecule is BC1(NCCNC(=S)Nc2ccc(-c3c4ccc(=O)cc-4oc4cc(O)ccc34)c(C(=O)O)c2)CCC1. The van der Waals surface area contributed by atoms with E-state index in [1.165, 1.54) is 49.6 Å². The molecule has 37 heavy (non-hydrogen) atoms. The molecule has 2 aromatic rings. The average Bonchev–Trinajstić information content (AvgIpc) is 2.84. The third-order valence-electron chi connectivity index (χ3n) is 6.87. The van der Waals surface area contributed by atoms with E-state index in [0.29, 0.717) is 50.8 Å². The molecule has 10 heteroatoms. The van der Waals surface area contributed by atoms with Crippen LogP contribution in [0.15, 0.2) is 63.8 Å². The maximum absolute atomic E-state index is 12.4. The largest absolute Gasteiger partial charge is 0.508 e. The molecule has 8 nitrogen and oxygen atoms in total. The van der Waals surface area contributed by atoms with Crippen LogP contribution in [0.5, 0.6) is 5.75 Å². The summed E-state index contributed by atoms with van der Waals surface area (Å²) < 4.78 is 5.87. The number of carbonyl (C=O) groups is 1. The number of carboxylic acid groups (broad SMARTS) is 1. The molecule has 2 aromatic carbocycles. The lowest BCUT2D eigenvalue weighted by atomic mass is 9.62. The van der Waals surface area contributed by atoms with Crippen molar-refractivity contribution in [1.82, 2.24) is 10.6 Å². The Morgan fingerprint density at radius 3 is 2.57 bits per heavy atom. The Morgan fingerprint density at radius 2 is 1.84 bits per heavy atom. The quantitative estimate of drug-likeness (QED) is 0.109. The minimum absolute atomic E-state index is 0.00385. The lowest BCUT2D eigenvalue weighted by molar-refractivity contribution is 0.0697. The Bertz CT molecular complexity index is 1550. The fraction of sp³-hybridized carbons (Fsp3) is 0.222. The number of aromatic carboxylic acids is 1. The van der Waals surface area contributed by atoms with Crippen molar-refractivity contribution in [2.75, 3.05) is 18.4 Å². The molecule has 188 valence electrons. The normalized spacial score (nSPS) is 14.3. The van der Waals surface area contributed by atoms with Gasteiger partial charge in [-0.15, -0.1) is 0 Å². The molecular formula is C27H26BN3O5S. The summed E-state index contributed by atoms with van der Waals surface area (Å²) in [5, 5.41) is 30.8. The third kappa shape index (κ3) is 5.16. The predicted molar refractivity (Wildman–Crippen MR) is 151 cm³/mol. The molecule has 0 saturated heterocycles. The number of rotatable bonds is 7.